The van der Waals surface area contributed by atoms with Gasteiger partial charge in [-0.25, -0.2) is 0 Å². The van der Waals surface area contributed by atoms with Gasteiger partial charge in [0.25, 0.3) is 5.91 Å². The van der Waals surface area contributed by atoms with Crippen molar-refractivity contribution in [2.45, 2.75) is 32.4 Å². The number of amides is 2. The molecule has 0 heterocycles. The van der Waals surface area contributed by atoms with Gasteiger partial charge in [-0.3, -0.25) is 14.4 Å². The van der Waals surface area contributed by atoms with E-state index in [0.717, 1.165) is 10.8 Å². The predicted molar refractivity (Wildman–Crippen MR) is 111 cm³/mol. The van der Waals surface area contributed by atoms with E-state index in [2.05, 4.69) is 10.6 Å². The topological polar surface area (TPSA) is 122 Å². The second kappa shape index (κ2) is 10.4. The number of carbonyl (C=O) groups excluding carboxylic acids is 3. The third kappa shape index (κ3) is 6.61. The Morgan fingerprint density at radius 3 is 2.30 bits per heavy atom. The highest BCUT2D eigenvalue weighted by molar-refractivity contribution is 6.59. The summed E-state index contributed by atoms with van der Waals surface area (Å²) in [7, 11) is 5.14. The fourth-order valence-electron chi connectivity index (χ4n) is 2.82. The van der Waals surface area contributed by atoms with Crippen molar-refractivity contribution >= 4 is 42.1 Å². The first-order chi connectivity index (χ1) is 14.2. The molecule has 156 valence electrons. The van der Waals surface area contributed by atoms with Crippen molar-refractivity contribution in [1.82, 2.24) is 10.6 Å². The number of nitrogens with one attached hydrogen (secondary N) is 2. The Labute approximate surface area is 175 Å². The third-order valence-corrected chi connectivity index (χ3v) is 4.40. The second-order valence-electron chi connectivity index (χ2n) is 7.15. The monoisotopic (exact) mass is 410 g/mol. The van der Waals surface area contributed by atoms with E-state index < -0.39 is 42.0 Å². The predicted octanol–water partition coefficient (Wildman–Crippen LogP) is 1.01. The Bertz CT molecular complexity index is 946. The summed E-state index contributed by atoms with van der Waals surface area (Å²) < 4.78 is 5.51. The van der Waals surface area contributed by atoms with E-state index >= 15 is 0 Å². The summed E-state index contributed by atoms with van der Waals surface area (Å²) in [5.74, 6) is -2.34. The zero-order chi connectivity index (χ0) is 22.3. The lowest BCUT2D eigenvalue weighted by Gasteiger charge is -2.24. The van der Waals surface area contributed by atoms with E-state index in [1.807, 2.05) is 30.3 Å². The maximum atomic E-state index is 12.5. The normalized spacial score (nSPS) is 12.8. The van der Waals surface area contributed by atoms with Crippen LogP contribution in [-0.2, 0) is 19.2 Å². The number of aliphatic carboxylic acids is 1. The molecule has 0 bridgehead atoms. The number of hydrogen-bond donors (Lipinski definition) is 3. The van der Waals surface area contributed by atoms with Gasteiger partial charge in [0.05, 0.1) is 18.1 Å². The fraction of sp³-hybridized carbons (Fsp3) is 0.333. The van der Waals surface area contributed by atoms with E-state index in [1.54, 1.807) is 26.0 Å². The van der Waals surface area contributed by atoms with E-state index in [9.17, 15) is 19.2 Å². The molecule has 2 rings (SSSR count). The smallest absolute Gasteiger partial charge is 0.305 e. The Balaban J connectivity index is 1.97. The number of benzene rings is 2. The van der Waals surface area contributed by atoms with Gasteiger partial charge in [0.2, 0.25) is 5.91 Å². The number of rotatable bonds is 10. The quantitative estimate of drug-likeness (QED) is 0.503. The molecule has 2 radical (unpaired) electrons. The molecule has 2 aromatic carbocycles. The van der Waals surface area contributed by atoms with Gasteiger partial charge in [0.1, 0.15) is 11.8 Å². The van der Waals surface area contributed by atoms with Crippen LogP contribution in [0.4, 0.5) is 0 Å². The van der Waals surface area contributed by atoms with Crippen LogP contribution in [0.5, 0.6) is 5.75 Å². The van der Waals surface area contributed by atoms with Crippen LogP contribution in [0, 0.1) is 5.92 Å². The molecule has 0 aliphatic rings. The van der Waals surface area contributed by atoms with Gasteiger partial charge in [-0.05, 0) is 28.8 Å². The molecule has 0 spiro atoms. The fourth-order valence-corrected chi connectivity index (χ4v) is 2.82. The van der Waals surface area contributed by atoms with Crippen molar-refractivity contribution in [3.63, 3.8) is 0 Å². The zero-order valence-electron chi connectivity index (χ0n) is 16.8. The van der Waals surface area contributed by atoms with Gasteiger partial charge in [-0.15, -0.1) is 0 Å². The van der Waals surface area contributed by atoms with Gasteiger partial charge < -0.3 is 25.3 Å². The van der Waals surface area contributed by atoms with Crippen molar-refractivity contribution in [1.29, 1.82) is 0 Å². The largest absolute Gasteiger partial charge is 0.484 e. The summed E-state index contributed by atoms with van der Waals surface area (Å²) in [6, 6.07) is 10.8. The molecule has 2 atom stereocenters. The lowest BCUT2D eigenvalue weighted by molar-refractivity contribution is -0.139. The second-order valence-corrected chi connectivity index (χ2v) is 7.15. The van der Waals surface area contributed by atoms with Crippen molar-refractivity contribution in [2.24, 2.45) is 5.92 Å². The van der Waals surface area contributed by atoms with Crippen LogP contribution in [0.25, 0.3) is 10.8 Å². The molecule has 0 aliphatic heterocycles. The first kappa shape index (κ1) is 22.9. The SMILES string of the molecule is [B]C(=O)C(CC(=O)O)NC(=O)C(NC(=O)COc1ccc2ccccc2c1)C(C)C. The molecule has 2 aromatic rings. The minimum atomic E-state index is -1.37. The maximum Gasteiger partial charge on any atom is 0.305 e. The Morgan fingerprint density at radius 1 is 1.03 bits per heavy atom. The molecule has 30 heavy (non-hydrogen) atoms. The highest BCUT2D eigenvalue weighted by Crippen LogP contribution is 2.20. The average Bonchev–Trinajstić information content (AvgIpc) is 2.69. The van der Waals surface area contributed by atoms with Crippen LogP contribution in [0.2, 0.25) is 0 Å². The summed E-state index contributed by atoms with van der Waals surface area (Å²) in [6.07, 6.45) is -0.648. The number of ether oxygens (including phenoxy) is 1. The standard InChI is InChI=1S/C21H23BN2O6/c1-12(2)19(21(29)23-16(20(22)28)10-18(26)27)24-17(25)11-30-15-8-7-13-5-3-4-6-14(13)9-15/h3-9,12,16,19H,10-11H2,1-2H3,(H,23,29)(H,24,25)(H,26,27). The van der Waals surface area contributed by atoms with Crippen LogP contribution in [0.15, 0.2) is 42.5 Å². The van der Waals surface area contributed by atoms with Crippen LogP contribution in [-0.4, -0.2) is 55.1 Å². The highest BCUT2D eigenvalue weighted by Gasteiger charge is 2.28. The molecular formula is C21H23BN2O6. The molecule has 9 heteroatoms. The Hall–Kier alpha value is -3.36. The Morgan fingerprint density at radius 2 is 1.70 bits per heavy atom. The van der Waals surface area contributed by atoms with E-state index in [-0.39, 0.29) is 12.5 Å². The third-order valence-electron chi connectivity index (χ3n) is 4.40. The summed E-state index contributed by atoms with van der Waals surface area (Å²) in [5.41, 5.74) is -0.973. The van der Waals surface area contributed by atoms with Crippen LogP contribution < -0.4 is 15.4 Å². The minimum absolute atomic E-state index is 0.316. The van der Waals surface area contributed by atoms with Crippen molar-refractivity contribution in [3.8, 4) is 5.75 Å². The molecular weight excluding hydrogens is 387 g/mol. The molecule has 0 aromatic heterocycles. The van der Waals surface area contributed by atoms with Crippen molar-refractivity contribution in [3.05, 3.63) is 42.5 Å². The van der Waals surface area contributed by atoms with Gasteiger partial charge >= 0.3 is 5.97 Å². The van der Waals surface area contributed by atoms with Crippen LogP contribution in [0.1, 0.15) is 20.3 Å². The molecule has 0 aliphatic carbocycles. The van der Waals surface area contributed by atoms with Gasteiger partial charge in [-0.1, -0.05) is 44.2 Å². The molecule has 2 amide bonds. The molecule has 0 saturated heterocycles. The summed E-state index contributed by atoms with van der Waals surface area (Å²) in [4.78, 5) is 47.0. The molecule has 0 fully saturated rings. The summed E-state index contributed by atoms with van der Waals surface area (Å²) in [5, 5.41) is 15.7. The van der Waals surface area contributed by atoms with E-state index in [0.29, 0.717) is 5.75 Å². The van der Waals surface area contributed by atoms with Crippen molar-refractivity contribution < 1.29 is 29.0 Å². The lowest BCUT2D eigenvalue weighted by atomic mass is 9.92. The zero-order valence-corrected chi connectivity index (χ0v) is 16.8. The van der Waals surface area contributed by atoms with Gasteiger partial charge in [0.15, 0.2) is 14.5 Å². The number of carbonyl (C=O) groups is 4. The minimum Gasteiger partial charge on any atom is -0.484 e. The first-order valence-electron chi connectivity index (χ1n) is 9.40. The van der Waals surface area contributed by atoms with Gasteiger partial charge in [0, 0.05) is 0 Å². The van der Waals surface area contributed by atoms with Gasteiger partial charge in [-0.2, -0.15) is 0 Å². The maximum absolute atomic E-state index is 12.5. The lowest BCUT2D eigenvalue weighted by Crippen LogP contribution is -2.54. The van der Waals surface area contributed by atoms with E-state index in [1.165, 1.54) is 0 Å². The number of carboxylic acid groups (broad SMARTS) is 1. The molecule has 8 nitrogen and oxygen atoms in total. The highest BCUT2D eigenvalue weighted by atomic mass is 16.5. The average molecular weight is 410 g/mol. The first-order valence-corrected chi connectivity index (χ1v) is 9.40. The molecule has 2 unspecified atom stereocenters. The number of carboxylic acids is 1. The molecule has 3 N–H and O–H groups in total. The van der Waals surface area contributed by atoms with Crippen molar-refractivity contribution in [2.75, 3.05) is 6.61 Å². The number of hydrogen-bond acceptors (Lipinski definition) is 5. The van der Waals surface area contributed by atoms with E-state index in [4.69, 9.17) is 17.7 Å². The Kier molecular flexibility index (Phi) is 7.97. The van der Waals surface area contributed by atoms with Crippen LogP contribution >= 0.6 is 0 Å². The summed E-state index contributed by atoms with van der Waals surface area (Å²) in [6.45, 7) is 3.08. The number of fused-ring (bicyclic) bond motifs is 1. The summed E-state index contributed by atoms with van der Waals surface area (Å²) >= 11 is 0. The van der Waals surface area contributed by atoms with Crippen LogP contribution in [0.3, 0.4) is 0 Å². The molecule has 0 saturated carbocycles.